The Balaban J connectivity index is 3.16. The molecule has 0 bridgehead atoms. The zero-order chi connectivity index (χ0) is 17.2. The molecule has 0 aliphatic heterocycles. The first-order valence-corrected chi connectivity index (χ1v) is 7.73. The predicted octanol–water partition coefficient (Wildman–Crippen LogP) is 2.14. The molecular weight excluding hydrogens is 298 g/mol. The molecule has 23 heavy (non-hydrogen) atoms. The monoisotopic (exact) mass is 321 g/mol. The van der Waals surface area contributed by atoms with Gasteiger partial charge in [0.25, 0.3) is 0 Å². The number of carbonyl (C=O) groups is 3. The van der Waals surface area contributed by atoms with E-state index in [2.05, 4.69) is 5.32 Å². The fourth-order valence-corrected chi connectivity index (χ4v) is 1.96. The van der Waals surface area contributed by atoms with Crippen molar-refractivity contribution in [3.05, 3.63) is 35.9 Å². The molecule has 0 radical (unpaired) electrons. The summed E-state index contributed by atoms with van der Waals surface area (Å²) in [4.78, 5) is 35.8. The highest BCUT2D eigenvalue weighted by molar-refractivity contribution is 5.85. The van der Waals surface area contributed by atoms with Gasteiger partial charge in [-0.1, -0.05) is 44.2 Å². The first-order valence-electron chi connectivity index (χ1n) is 7.73. The first kappa shape index (κ1) is 18.7. The summed E-state index contributed by atoms with van der Waals surface area (Å²) in [6, 6.07) is 7.74. The summed E-state index contributed by atoms with van der Waals surface area (Å²) in [5.41, 5.74) is 0.615. The third-order valence-corrected chi connectivity index (χ3v) is 3.16. The van der Waals surface area contributed by atoms with Crippen LogP contribution in [0.4, 0.5) is 0 Å². The first-order chi connectivity index (χ1) is 11.0. The summed E-state index contributed by atoms with van der Waals surface area (Å²) in [5, 5.41) is 2.59. The molecule has 0 aliphatic rings. The summed E-state index contributed by atoms with van der Waals surface area (Å²) in [6.45, 7) is 5.17. The number of amides is 1. The van der Waals surface area contributed by atoms with Crippen LogP contribution in [0.1, 0.15) is 45.3 Å². The lowest BCUT2D eigenvalue weighted by Crippen LogP contribution is -2.47. The highest BCUT2D eigenvalue weighted by Crippen LogP contribution is 2.23. The summed E-state index contributed by atoms with van der Waals surface area (Å²) in [6.07, 6.45) is -0.557. The van der Waals surface area contributed by atoms with E-state index in [1.54, 1.807) is 45.0 Å². The normalized spacial score (nSPS) is 12.8. The van der Waals surface area contributed by atoms with Crippen LogP contribution in [0.5, 0.6) is 0 Å². The number of nitrogens with one attached hydrogen (secondary N) is 1. The Morgan fingerprint density at radius 2 is 1.70 bits per heavy atom. The third kappa shape index (κ3) is 5.73. The SMILES string of the molecule is CCOC(=O)[C@H](NC(=O)CC)[C@H](OC(=O)CC)c1ccccc1. The standard InChI is InChI=1S/C17H23NO5/c1-4-13(19)18-15(17(21)22-6-3)16(23-14(20)5-2)12-10-8-7-9-11-12/h7-11,15-16H,4-6H2,1-3H3,(H,18,19)/t15-,16-/m1/s1. The second kappa shape index (κ2) is 9.61. The number of rotatable bonds is 8. The number of carbonyl (C=O) groups excluding carboxylic acids is 3. The Morgan fingerprint density at radius 1 is 1.04 bits per heavy atom. The Morgan fingerprint density at radius 3 is 2.22 bits per heavy atom. The number of esters is 2. The molecule has 0 heterocycles. The average Bonchev–Trinajstić information content (AvgIpc) is 2.58. The average molecular weight is 321 g/mol. The molecule has 1 aromatic rings. The summed E-state index contributed by atoms with van der Waals surface area (Å²) in [7, 11) is 0. The minimum Gasteiger partial charge on any atom is -0.464 e. The number of ether oxygens (including phenoxy) is 2. The molecule has 0 spiro atoms. The van der Waals surface area contributed by atoms with Crippen LogP contribution < -0.4 is 5.32 Å². The molecule has 0 saturated heterocycles. The maximum Gasteiger partial charge on any atom is 0.332 e. The van der Waals surface area contributed by atoms with Gasteiger partial charge in [0.15, 0.2) is 12.1 Å². The minimum atomic E-state index is -1.08. The van der Waals surface area contributed by atoms with Crippen molar-refractivity contribution in [1.82, 2.24) is 5.32 Å². The van der Waals surface area contributed by atoms with Crippen molar-refractivity contribution < 1.29 is 23.9 Å². The second-order valence-corrected chi connectivity index (χ2v) is 4.83. The van der Waals surface area contributed by atoms with Crippen molar-refractivity contribution in [2.24, 2.45) is 0 Å². The van der Waals surface area contributed by atoms with Crippen LogP contribution in [-0.2, 0) is 23.9 Å². The second-order valence-electron chi connectivity index (χ2n) is 4.83. The van der Waals surface area contributed by atoms with Crippen LogP contribution >= 0.6 is 0 Å². The van der Waals surface area contributed by atoms with Gasteiger partial charge in [-0.05, 0) is 12.5 Å². The lowest BCUT2D eigenvalue weighted by Gasteiger charge is -2.26. The van der Waals surface area contributed by atoms with Gasteiger partial charge in [-0.3, -0.25) is 9.59 Å². The minimum absolute atomic E-state index is 0.167. The van der Waals surface area contributed by atoms with Gasteiger partial charge in [-0.2, -0.15) is 0 Å². The van der Waals surface area contributed by atoms with Gasteiger partial charge < -0.3 is 14.8 Å². The molecule has 0 aliphatic carbocycles. The van der Waals surface area contributed by atoms with Gasteiger partial charge in [0.05, 0.1) is 6.61 Å². The van der Waals surface area contributed by atoms with E-state index in [0.717, 1.165) is 0 Å². The van der Waals surface area contributed by atoms with Gasteiger partial charge in [-0.25, -0.2) is 4.79 Å². The van der Waals surface area contributed by atoms with Crippen LogP contribution in [-0.4, -0.2) is 30.5 Å². The molecule has 0 fully saturated rings. The molecule has 1 amide bonds. The van der Waals surface area contributed by atoms with Crippen LogP contribution in [0.15, 0.2) is 30.3 Å². The summed E-state index contributed by atoms with van der Waals surface area (Å²) < 4.78 is 10.4. The molecule has 2 atom stereocenters. The molecule has 6 heteroatoms. The van der Waals surface area contributed by atoms with Gasteiger partial charge in [0.2, 0.25) is 5.91 Å². The predicted molar refractivity (Wildman–Crippen MR) is 84.4 cm³/mol. The molecular formula is C17H23NO5. The Labute approximate surface area is 136 Å². The van der Waals surface area contributed by atoms with E-state index in [9.17, 15) is 14.4 Å². The topological polar surface area (TPSA) is 81.7 Å². The van der Waals surface area contributed by atoms with Gasteiger partial charge in [-0.15, -0.1) is 0 Å². The van der Waals surface area contributed by atoms with Gasteiger partial charge in [0, 0.05) is 12.8 Å². The molecule has 1 aromatic carbocycles. The van der Waals surface area contributed by atoms with E-state index in [1.807, 2.05) is 6.07 Å². The van der Waals surface area contributed by atoms with Crippen molar-refractivity contribution in [2.45, 2.75) is 45.8 Å². The molecule has 1 N–H and O–H groups in total. The largest absolute Gasteiger partial charge is 0.464 e. The Hall–Kier alpha value is -2.37. The van der Waals surface area contributed by atoms with Crippen LogP contribution in [0, 0.1) is 0 Å². The maximum absolute atomic E-state index is 12.3. The van der Waals surface area contributed by atoms with Crippen LogP contribution in [0.3, 0.4) is 0 Å². The van der Waals surface area contributed by atoms with Crippen molar-refractivity contribution in [2.75, 3.05) is 6.61 Å². The van der Waals surface area contributed by atoms with E-state index >= 15 is 0 Å². The van der Waals surface area contributed by atoms with Crippen molar-refractivity contribution in [3.63, 3.8) is 0 Å². The number of hydrogen-bond donors (Lipinski definition) is 1. The van der Waals surface area contributed by atoms with Crippen LogP contribution in [0.25, 0.3) is 0 Å². The smallest absolute Gasteiger partial charge is 0.332 e. The van der Waals surface area contributed by atoms with E-state index in [0.29, 0.717) is 5.56 Å². The molecule has 1 rings (SSSR count). The van der Waals surface area contributed by atoms with Crippen LogP contribution in [0.2, 0.25) is 0 Å². The summed E-state index contributed by atoms with van der Waals surface area (Å²) in [5.74, 6) is -1.41. The lowest BCUT2D eigenvalue weighted by molar-refractivity contribution is -0.160. The van der Waals surface area contributed by atoms with Gasteiger partial charge >= 0.3 is 11.9 Å². The fraction of sp³-hybridized carbons (Fsp3) is 0.471. The lowest BCUT2D eigenvalue weighted by atomic mass is 10.0. The summed E-state index contributed by atoms with van der Waals surface area (Å²) >= 11 is 0. The van der Waals surface area contributed by atoms with Gasteiger partial charge in [0.1, 0.15) is 0 Å². The maximum atomic E-state index is 12.3. The molecule has 0 saturated carbocycles. The third-order valence-electron chi connectivity index (χ3n) is 3.16. The Kier molecular flexibility index (Phi) is 7.80. The van der Waals surface area contributed by atoms with Crippen molar-refractivity contribution >= 4 is 17.8 Å². The number of hydrogen-bond acceptors (Lipinski definition) is 5. The quantitative estimate of drug-likeness (QED) is 0.742. The van der Waals surface area contributed by atoms with E-state index in [4.69, 9.17) is 9.47 Å². The van der Waals surface area contributed by atoms with E-state index in [-0.39, 0.29) is 25.4 Å². The van der Waals surface area contributed by atoms with E-state index in [1.165, 1.54) is 0 Å². The van der Waals surface area contributed by atoms with Crippen molar-refractivity contribution in [3.8, 4) is 0 Å². The number of benzene rings is 1. The molecule has 126 valence electrons. The van der Waals surface area contributed by atoms with Crippen molar-refractivity contribution in [1.29, 1.82) is 0 Å². The molecule has 6 nitrogen and oxygen atoms in total. The zero-order valence-corrected chi connectivity index (χ0v) is 13.7. The fourth-order valence-electron chi connectivity index (χ4n) is 1.96. The highest BCUT2D eigenvalue weighted by atomic mass is 16.6. The highest BCUT2D eigenvalue weighted by Gasteiger charge is 2.34. The van der Waals surface area contributed by atoms with E-state index < -0.39 is 24.1 Å². The zero-order valence-electron chi connectivity index (χ0n) is 13.7. The molecule has 0 unspecified atom stereocenters. The Bertz CT molecular complexity index is 529. The molecule has 0 aromatic heterocycles.